The summed E-state index contributed by atoms with van der Waals surface area (Å²) < 4.78 is 13.0. The van der Waals surface area contributed by atoms with Crippen molar-refractivity contribution in [1.29, 1.82) is 0 Å². The Morgan fingerprint density at radius 2 is 2.25 bits per heavy atom. The van der Waals surface area contributed by atoms with Crippen LogP contribution in [0.15, 0.2) is 29.8 Å². The molecule has 86 valence electrons. The molecule has 2 N–H and O–H groups in total. The lowest BCUT2D eigenvalue weighted by Gasteiger charge is -2.05. The van der Waals surface area contributed by atoms with Crippen molar-refractivity contribution in [3.8, 4) is 5.75 Å². The topological polar surface area (TPSA) is 49.3 Å². The van der Waals surface area contributed by atoms with Gasteiger partial charge in [0.1, 0.15) is 0 Å². The van der Waals surface area contributed by atoms with Gasteiger partial charge in [-0.2, -0.15) is 0 Å². The van der Waals surface area contributed by atoms with E-state index in [0.717, 1.165) is 12.5 Å². The minimum atomic E-state index is -0.755. The second-order valence-corrected chi connectivity index (χ2v) is 3.42. The van der Waals surface area contributed by atoms with E-state index in [4.69, 9.17) is 5.11 Å². The van der Waals surface area contributed by atoms with E-state index in [-0.39, 0.29) is 5.91 Å². The van der Waals surface area contributed by atoms with Crippen LogP contribution < -0.4 is 5.32 Å². The molecule has 0 atom stereocenters. The lowest BCUT2D eigenvalue weighted by molar-refractivity contribution is -0.112. The Morgan fingerprint density at radius 1 is 1.56 bits per heavy atom. The van der Waals surface area contributed by atoms with Gasteiger partial charge in [-0.1, -0.05) is 13.0 Å². The van der Waals surface area contributed by atoms with E-state index in [1.165, 1.54) is 12.1 Å². The molecule has 0 aliphatic heterocycles. The fourth-order valence-electron chi connectivity index (χ4n) is 1.21. The van der Waals surface area contributed by atoms with Gasteiger partial charge in [0.15, 0.2) is 11.6 Å². The van der Waals surface area contributed by atoms with Crippen molar-refractivity contribution in [2.45, 2.75) is 20.3 Å². The van der Waals surface area contributed by atoms with Gasteiger partial charge in [-0.25, -0.2) is 4.39 Å². The van der Waals surface area contributed by atoms with Gasteiger partial charge in [0.05, 0.1) is 0 Å². The number of amides is 1. The number of carbonyl (C=O) groups excluding carboxylic acids is 1. The molecule has 1 amide bonds. The number of phenolic OH excluding ortho intramolecular Hbond substituents is 1. The van der Waals surface area contributed by atoms with Crippen LogP contribution >= 0.6 is 0 Å². The number of anilines is 1. The Labute approximate surface area is 93.6 Å². The van der Waals surface area contributed by atoms with Crippen LogP contribution in [0.1, 0.15) is 20.3 Å². The quantitative estimate of drug-likeness (QED) is 0.611. The lowest BCUT2D eigenvalue weighted by Crippen LogP contribution is -2.12. The zero-order chi connectivity index (χ0) is 12.1. The van der Waals surface area contributed by atoms with Crippen molar-refractivity contribution in [3.63, 3.8) is 0 Å². The maximum atomic E-state index is 13.0. The smallest absolute Gasteiger partial charge is 0.250 e. The molecule has 0 bridgehead atoms. The number of halogens is 1. The predicted octanol–water partition coefficient (Wildman–Crippen LogP) is 2.83. The normalized spacial score (nSPS) is 11.3. The van der Waals surface area contributed by atoms with Crippen LogP contribution in [0.2, 0.25) is 0 Å². The Morgan fingerprint density at radius 3 is 2.81 bits per heavy atom. The second-order valence-electron chi connectivity index (χ2n) is 3.42. The number of allylic oxidation sites excluding steroid dienone is 1. The standard InChI is InChI=1S/C12H14FNO2/c1-3-4-8(2)12(16)14-9-5-6-11(15)10(13)7-9/h4-7,15H,3H2,1-2H3,(H,14,16). The van der Waals surface area contributed by atoms with Crippen molar-refractivity contribution < 1.29 is 14.3 Å². The third kappa shape index (κ3) is 3.08. The van der Waals surface area contributed by atoms with Crippen LogP contribution in [0, 0.1) is 5.82 Å². The number of aromatic hydroxyl groups is 1. The monoisotopic (exact) mass is 223 g/mol. The Bertz CT molecular complexity index is 427. The molecule has 4 heteroatoms. The summed E-state index contributed by atoms with van der Waals surface area (Å²) in [6.07, 6.45) is 2.55. The van der Waals surface area contributed by atoms with Gasteiger partial charge < -0.3 is 10.4 Å². The molecule has 0 aromatic heterocycles. The third-order valence-corrected chi connectivity index (χ3v) is 2.07. The molecule has 16 heavy (non-hydrogen) atoms. The fraction of sp³-hybridized carbons (Fsp3) is 0.250. The molecule has 0 spiro atoms. The highest BCUT2D eigenvalue weighted by Crippen LogP contribution is 2.19. The molecule has 0 radical (unpaired) electrons. The molecule has 0 saturated carbocycles. The van der Waals surface area contributed by atoms with E-state index in [2.05, 4.69) is 5.32 Å². The van der Waals surface area contributed by atoms with E-state index in [1.54, 1.807) is 13.0 Å². The highest BCUT2D eigenvalue weighted by atomic mass is 19.1. The van der Waals surface area contributed by atoms with Crippen molar-refractivity contribution in [2.24, 2.45) is 0 Å². The molecule has 0 unspecified atom stereocenters. The highest BCUT2D eigenvalue weighted by Gasteiger charge is 2.06. The van der Waals surface area contributed by atoms with E-state index in [0.29, 0.717) is 11.3 Å². The second kappa shape index (κ2) is 5.30. The average Bonchev–Trinajstić information content (AvgIpc) is 2.24. The summed E-state index contributed by atoms with van der Waals surface area (Å²) in [5.74, 6) is -1.46. The minimum Gasteiger partial charge on any atom is -0.505 e. The van der Waals surface area contributed by atoms with Crippen LogP contribution in [0.25, 0.3) is 0 Å². The van der Waals surface area contributed by atoms with Crippen molar-refractivity contribution in [1.82, 2.24) is 0 Å². The van der Waals surface area contributed by atoms with E-state index < -0.39 is 11.6 Å². The molecular weight excluding hydrogens is 209 g/mol. The summed E-state index contributed by atoms with van der Waals surface area (Å²) in [4.78, 5) is 11.5. The first kappa shape index (κ1) is 12.2. The number of carbonyl (C=O) groups is 1. The van der Waals surface area contributed by atoms with Crippen molar-refractivity contribution >= 4 is 11.6 Å². The predicted molar refractivity (Wildman–Crippen MR) is 60.7 cm³/mol. The molecule has 0 aliphatic rings. The van der Waals surface area contributed by atoms with Gasteiger partial charge in [-0.05, 0) is 25.5 Å². The zero-order valence-corrected chi connectivity index (χ0v) is 9.25. The molecule has 0 fully saturated rings. The largest absolute Gasteiger partial charge is 0.505 e. The number of hydrogen-bond donors (Lipinski definition) is 2. The molecule has 0 heterocycles. The summed E-state index contributed by atoms with van der Waals surface area (Å²) in [5, 5.41) is 11.5. The first-order chi connectivity index (χ1) is 7.54. The summed E-state index contributed by atoms with van der Waals surface area (Å²) >= 11 is 0. The Hall–Kier alpha value is -1.84. The maximum absolute atomic E-state index is 13.0. The SMILES string of the molecule is CCC=C(C)C(=O)Nc1ccc(O)c(F)c1. The molecule has 3 nitrogen and oxygen atoms in total. The molecule has 1 aromatic carbocycles. The molecule has 0 aliphatic carbocycles. The Kier molecular flexibility index (Phi) is 4.05. The minimum absolute atomic E-state index is 0.271. The van der Waals surface area contributed by atoms with E-state index >= 15 is 0 Å². The first-order valence-corrected chi connectivity index (χ1v) is 5.01. The lowest BCUT2D eigenvalue weighted by atomic mass is 10.2. The third-order valence-electron chi connectivity index (χ3n) is 2.07. The number of nitrogens with one attached hydrogen (secondary N) is 1. The number of phenols is 1. The molecule has 1 rings (SSSR count). The van der Waals surface area contributed by atoms with Crippen LogP contribution in [0.4, 0.5) is 10.1 Å². The van der Waals surface area contributed by atoms with Gasteiger partial charge >= 0.3 is 0 Å². The van der Waals surface area contributed by atoms with Crippen molar-refractivity contribution in [2.75, 3.05) is 5.32 Å². The number of hydrogen-bond acceptors (Lipinski definition) is 2. The van der Waals surface area contributed by atoms with Crippen LogP contribution in [0.5, 0.6) is 5.75 Å². The fourth-order valence-corrected chi connectivity index (χ4v) is 1.21. The highest BCUT2D eigenvalue weighted by molar-refractivity contribution is 6.03. The molecule has 0 saturated heterocycles. The van der Waals surface area contributed by atoms with Crippen LogP contribution in [-0.4, -0.2) is 11.0 Å². The summed E-state index contributed by atoms with van der Waals surface area (Å²) in [6, 6.07) is 3.71. The zero-order valence-electron chi connectivity index (χ0n) is 9.25. The summed E-state index contributed by atoms with van der Waals surface area (Å²) in [7, 11) is 0. The average molecular weight is 223 g/mol. The summed E-state index contributed by atoms with van der Waals surface area (Å²) in [6.45, 7) is 3.62. The van der Waals surface area contributed by atoms with Crippen molar-refractivity contribution in [3.05, 3.63) is 35.7 Å². The van der Waals surface area contributed by atoms with Gasteiger partial charge in [-0.3, -0.25) is 4.79 Å². The van der Waals surface area contributed by atoms with Gasteiger partial charge in [0, 0.05) is 17.3 Å². The van der Waals surface area contributed by atoms with E-state index in [1.807, 2.05) is 6.92 Å². The van der Waals surface area contributed by atoms with Crippen LogP contribution in [0.3, 0.4) is 0 Å². The molecule has 1 aromatic rings. The van der Waals surface area contributed by atoms with Gasteiger partial charge in [0.25, 0.3) is 5.91 Å². The first-order valence-electron chi connectivity index (χ1n) is 5.01. The number of benzene rings is 1. The maximum Gasteiger partial charge on any atom is 0.250 e. The van der Waals surface area contributed by atoms with E-state index in [9.17, 15) is 9.18 Å². The molecular formula is C12H14FNO2. The Balaban J connectivity index is 2.77. The number of rotatable bonds is 3. The van der Waals surface area contributed by atoms with Crippen LogP contribution in [-0.2, 0) is 4.79 Å². The van der Waals surface area contributed by atoms with Gasteiger partial charge in [0.2, 0.25) is 0 Å². The van der Waals surface area contributed by atoms with Gasteiger partial charge in [-0.15, -0.1) is 0 Å². The summed E-state index contributed by atoms with van der Waals surface area (Å²) in [5.41, 5.74) is 0.903.